The van der Waals surface area contributed by atoms with Gasteiger partial charge in [-0.1, -0.05) is 0 Å². The molecule has 124 valence electrons. The van der Waals surface area contributed by atoms with Crippen molar-refractivity contribution in [2.24, 2.45) is 0 Å². The van der Waals surface area contributed by atoms with Crippen LogP contribution in [-0.2, 0) is 11.3 Å². The number of hydrogen-bond donors (Lipinski definition) is 0. The number of aromatic nitrogens is 3. The zero-order valence-electron chi connectivity index (χ0n) is 13.0. The van der Waals surface area contributed by atoms with Gasteiger partial charge in [-0.15, -0.1) is 0 Å². The Labute approximate surface area is 134 Å². The third-order valence-corrected chi connectivity index (χ3v) is 3.78. The van der Waals surface area contributed by atoms with Crippen LogP contribution in [0.25, 0.3) is 0 Å². The standard InChI is InChI=1S/C16H21FN4O2/c17-14-2-4-15(5-3-14)22-8-1-6-20-7-9-23-16(10-20)11-21-13-18-12-19-21/h2-5,12-13,16H,1,6-11H2. The predicted octanol–water partition coefficient (Wildman–Crippen LogP) is 1.59. The van der Waals surface area contributed by atoms with E-state index in [0.29, 0.717) is 12.4 Å². The van der Waals surface area contributed by atoms with Gasteiger partial charge in [0.15, 0.2) is 0 Å². The smallest absolute Gasteiger partial charge is 0.137 e. The second kappa shape index (κ2) is 8.03. The molecule has 1 aromatic carbocycles. The largest absolute Gasteiger partial charge is 0.494 e. The summed E-state index contributed by atoms with van der Waals surface area (Å²) in [4.78, 5) is 6.32. The molecule has 0 bridgehead atoms. The average Bonchev–Trinajstić information content (AvgIpc) is 3.07. The van der Waals surface area contributed by atoms with Crippen molar-refractivity contribution in [3.8, 4) is 5.75 Å². The molecule has 0 radical (unpaired) electrons. The van der Waals surface area contributed by atoms with Crippen molar-refractivity contribution in [1.29, 1.82) is 0 Å². The SMILES string of the molecule is Fc1ccc(OCCCN2CCOC(Cn3cncn3)C2)cc1. The Balaban J connectivity index is 1.35. The van der Waals surface area contributed by atoms with Crippen LogP contribution in [0.3, 0.4) is 0 Å². The Morgan fingerprint density at radius 3 is 2.96 bits per heavy atom. The maximum atomic E-state index is 12.8. The number of nitrogens with zero attached hydrogens (tertiary/aromatic N) is 4. The molecular formula is C16H21FN4O2. The van der Waals surface area contributed by atoms with Crippen LogP contribution in [0.1, 0.15) is 6.42 Å². The Hall–Kier alpha value is -1.99. The summed E-state index contributed by atoms with van der Waals surface area (Å²) in [7, 11) is 0. The summed E-state index contributed by atoms with van der Waals surface area (Å²) < 4.78 is 26.0. The minimum absolute atomic E-state index is 0.142. The Morgan fingerprint density at radius 2 is 2.17 bits per heavy atom. The van der Waals surface area contributed by atoms with Gasteiger partial charge in [-0.3, -0.25) is 9.58 Å². The first-order valence-electron chi connectivity index (χ1n) is 7.84. The van der Waals surface area contributed by atoms with Crippen LogP contribution in [0.15, 0.2) is 36.9 Å². The highest BCUT2D eigenvalue weighted by Gasteiger charge is 2.20. The number of hydrogen-bond acceptors (Lipinski definition) is 5. The lowest BCUT2D eigenvalue weighted by Crippen LogP contribution is -2.44. The first kappa shape index (κ1) is 15.9. The molecule has 1 unspecified atom stereocenters. The van der Waals surface area contributed by atoms with Gasteiger partial charge in [0.05, 0.1) is 25.9 Å². The number of ether oxygens (including phenoxy) is 2. The monoisotopic (exact) mass is 320 g/mol. The van der Waals surface area contributed by atoms with Crippen molar-refractivity contribution >= 4 is 0 Å². The van der Waals surface area contributed by atoms with Crippen LogP contribution in [0.4, 0.5) is 4.39 Å². The van der Waals surface area contributed by atoms with Gasteiger partial charge < -0.3 is 9.47 Å². The van der Waals surface area contributed by atoms with Crippen molar-refractivity contribution in [3.63, 3.8) is 0 Å². The van der Waals surface area contributed by atoms with E-state index in [1.807, 2.05) is 0 Å². The molecule has 6 nitrogen and oxygen atoms in total. The van der Waals surface area contributed by atoms with Crippen LogP contribution in [0, 0.1) is 5.82 Å². The molecule has 1 aliphatic heterocycles. The summed E-state index contributed by atoms with van der Waals surface area (Å²) in [5, 5.41) is 4.11. The number of benzene rings is 1. The highest BCUT2D eigenvalue weighted by molar-refractivity contribution is 5.21. The van der Waals surface area contributed by atoms with Crippen molar-refractivity contribution in [1.82, 2.24) is 19.7 Å². The molecule has 1 fully saturated rings. The van der Waals surface area contributed by atoms with E-state index in [2.05, 4.69) is 15.0 Å². The summed E-state index contributed by atoms with van der Waals surface area (Å²) in [6.45, 7) is 4.86. The van der Waals surface area contributed by atoms with Crippen molar-refractivity contribution < 1.29 is 13.9 Å². The van der Waals surface area contributed by atoms with E-state index in [9.17, 15) is 4.39 Å². The van der Waals surface area contributed by atoms with Gasteiger partial charge in [-0.25, -0.2) is 9.37 Å². The first-order valence-corrected chi connectivity index (χ1v) is 7.84. The van der Waals surface area contributed by atoms with Crippen LogP contribution in [0.5, 0.6) is 5.75 Å². The molecule has 0 amide bonds. The molecule has 1 aliphatic rings. The fraction of sp³-hybridized carbons (Fsp3) is 0.500. The number of morpholine rings is 1. The van der Waals surface area contributed by atoms with E-state index in [4.69, 9.17) is 9.47 Å². The molecule has 0 N–H and O–H groups in total. The topological polar surface area (TPSA) is 52.4 Å². The fourth-order valence-corrected chi connectivity index (χ4v) is 2.64. The Morgan fingerprint density at radius 1 is 1.30 bits per heavy atom. The van der Waals surface area contributed by atoms with E-state index in [1.54, 1.807) is 23.1 Å². The maximum Gasteiger partial charge on any atom is 0.137 e. The zero-order valence-corrected chi connectivity index (χ0v) is 13.0. The molecule has 0 aliphatic carbocycles. The van der Waals surface area contributed by atoms with Crippen LogP contribution < -0.4 is 4.74 Å². The third-order valence-electron chi connectivity index (χ3n) is 3.78. The summed E-state index contributed by atoms with van der Waals surface area (Å²) in [5.41, 5.74) is 0. The minimum atomic E-state index is -0.246. The van der Waals surface area contributed by atoms with Crippen LogP contribution in [-0.4, -0.2) is 58.6 Å². The minimum Gasteiger partial charge on any atom is -0.494 e. The highest BCUT2D eigenvalue weighted by atomic mass is 19.1. The molecule has 1 saturated heterocycles. The molecule has 1 aromatic heterocycles. The van der Waals surface area contributed by atoms with Gasteiger partial charge in [0.1, 0.15) is 24.2 Å². The van der Waals surface area contributed by atoms with Gasteiger partial charge >= 0.3 is 0 Å². The summed E-state index contributed by atoms with van der Waals surface area (Å²) in [6, 6.07) is 6.12. The quantitative estimate of drug-likeness (QED) is 0.725. The second-order valence-electron chi connectivity index (χ2n) is 5.57. The summed E-state index contributed by atoms with van der Waals surface area (Å²) >= 11 is 0. The van der Waals surface area contributed by atoms with Gasteiger partial charge in [-0.05, 0) is 30.7 Å². The summed E-state index contributed by atoms with van der Waals surface area (Å²) in [5.74, 6) is 0.460. The van der Waals surface area contributed by atoms with Crippen molar-refractivity contribution in [2.45, 2.75) is 19.1 Å². The van der Waals surface area contributed by atoms with Crippen molar-refractivity contribution in [2.75, 3.05) is 32.8 Å². The van der Waals surface area contributed by atoms with E-state index in [1.165, 1.54) is 18.5 Å². The maximum absolute atomic E-state index is 12.8. The van der Waals surface area contributed by atoms with E-state index >= 15 is 0 Å². The molecule has 1 atom stereocenters. The van der Waals surface area contributed by atoms with E-state index in [0.717, 1.165) is 39.2 Å². The molecule has 0 saturated carbocycles. The predicted molar refractivity (Wildman–Crippen MR) is 82.7 cm³/mol. The number of rotatable bonds is 7. The molecule has 23 heavy (non-hydrogen) atoms. The highest BCUT2D eigenvalue weighted by Crippen LogP contribution is 2.12. The molecular weight excluding hydrogens is 299 g/mol. The Kier molecular flexibility index (Phi) is 5.55. The normalized spacial score (nSPS) is 18.9. The van der Waals surface area contributed by atoms with Gasteiger partial charge in [0, 0.05) is 19.6 Å². The van der Waals surface area contributed by atoms with Gasteiger partial charge in [0.25, 0.3) is 0 Å². The lowest BCUT2D eigenvalue weighted by molar-refractivity contribution is -0.0384. The lowest BCUT2D eigenvalue weighted by Gasteiger charge is -2.32. The fourth-order valence-electron chi connectivity index (χ4n) is 2.64. The zero-order chi connectivity index (χ0) is 15.9. The van der Waals surface area contributed by atoms with Crippen LogP contribution in [0.2, 0.25) is 0 Å². The third kappa shape index (κ3) is 5.01. The lowest BCUT2D eigenvalue weighted by atomic mass is 10.2. The Bertz CT molecular complexity index is 576. The molecule has 2 heterocycles. The van der Waals surface area contributed by atoms with E-state index in [-0.39, 0.29) is 11.9 Å². The van der Waals surface area contributed by atoms with Gasteiger partial charge in [0.2, 0.25) is 0 Å². The molecule has 0 spiro atoms. The summed E-state index contributed by atoms with van der Waals surface area (Å²) in [6.07, 6.45) is 4.31. The molecule has 7 heteroatoms. The molecule has 2 aromatic rings. The second-order valence-corrected chi connectivity index (χ2v) is 5.57. The molecule has 3 rings (SSSR count). The number of halogens is 1. The van der Waals surface area contributed by atoms with Crippen molar-refractivity contribution in [3.05, 3.63) is 42.7 Å². The average molecular weight is 320 g/mol. The first-order chi connectivity index (χ1) is 11.3. The van der Waals surface area contributed by atoms with Crippen LogP contribution >= 0.6 is 0 Å². The van der Waals surface area contributed by atoms with E-state index < -0.39 is 0 Å². The van der Waals surface area contributed by atoms with Gasteiger partial charge in [-0.2, -0.15) is 5.10 Å².